The first-order chi connectivity index (χ1) is 8.41. The van der Waals surface area contributed by atoms with E-state index in [1.807, 2.05) is 13.0 Å². The number of nitrogens with zero attached hydrogens (tertiary/aromatic N) is 2. The number of nitrogens with two attached hydrogens (primary N) is 1. The Balaban J connectivity index is 2.50. The summed E-state index contributed by atoms with van der Waals surface area (Å²) in [6.07, 6.45) is 1.69. The summed E-state index contributed by atoms with van der Waals surface area (Å²) in [7, 11) is 0. The molecule has 1 aromatic rings. The third-order valence-corrected chi connectivity index (χ3v) is 3.09. The number of pyridine rings is 1. The summed E-state index contributed by atoms with van der Waals surface area (Å²) in [5.74, 6) is 0.927. The van der Waals surface area contributed by atoms with Gasteiger partial charge in [0.1, 0.15) is 5.82 Å². The van der Waals surface area contributed by atoms with Gasteiger partial charge in [0, 0.05) is 25.2 Å². The second kappa shape index (κ2) is 6.59. The predicted octanol–water partition coefficient (Wildman–Crippen LogP) is 2.50. The Morgan fingerprint density at radius 2 is 1.89 bits per heavy atom. The maximum Gasteiger partial charge on any atom is 0.129 e. The molecule has 0 spiro atoms. The molecule has 18 heavy (non-hydrogen) atoms. The van der Waals surface area contributed by atoms with Crippen LogP contribution in [0.1, 0.15) is 33.3 Å². The van der Waals surface area contributed by atoms with Crippen molar-refractivity contribution in [1.82, 2.24) is 9.88 Å². The molecule has 0 fully saturated rings. The standard InChI is InChI=1S/C14H26N4/c1-10(2)18(11(3)4)7-6-16-14-12(5)8-13(15)9-17-14/h8-11H,6-7,15H2,1-5H3,(H,16,17). The van der Waals surface area contributed by atoms with Crippen molar-refractivity contribution in [3.05, 3.63) is 17.8 Å². The number of nitrogens with one attached hydrogen (secondary N) is 1. The van der Waals surface area contributed by atoms with Crippen LogP contribution >= 0.6 is 0 Å². The summed E-state index contributed by atoms with van der Waals surface area (Å²) in [5.41, 5.74) is 7.49. The van der Waals surface area contributed by atoms with Gasteiger partial charge in [-0.3, -0.25) is 4.90 Å². The van der Waals surface area contributed by atoms with Crippen molar-refractivity contribution in [2.24, 2.45) is 0 Å². The van der Waals surface area contributed by atoms with Crippen LogP contribution < -0.4 is 11.1 Å². The monoisotopic (exact) mass is 250 g/mol. The first-order valence-corrected chi connectivity index (χ1v) is 6.63. The molecule has 3 N–H and O–H groups in total. The molecule has 4 nitrogen and oxygen atoms in total. The molecular weight excluding hydrogens is 224 g/mol. The molecule has 102 valence electrons. The first kappa shape index (κ1) is 14.8. The van der Waals surface area contributed by atoms with E-state index in [9.17, 15) is 0 Å². The van der Waals surface area contributed by atoms with Crippen LogP contribution in [0.3, 0.4) is 0 Å². The third kappa shape index (κ3) is 4.18. The Kier molecular flexibility index (Phi) is 5.41. The Hall–Kier alpha value is -1.29. The van der Waals surface area contributed by atoms with E-state index in [4.69, 9.17) is 5.73 Å². The highest BCUT2D eigenvalue weighted by atomic mass is 15.2. The highest BCUT2D eigenvalue weighted by molar-refractivity contribution is 5.50. The summed E-state index contributed by atoms with van der Waals surface area (Å²) in [6, 6.07) is 3.07. The lowest BCUT2D eigenvalue weighted by molar-refractivity contribution is 0.182. The van der Waals surface area contributed by atoms with E-state index in [2.05, 4.69) is 42.9 Å². The van der Waals surface area contributed by atoms with E-state index < -0.39 is 0 Å². The van der Waals surface area contributed by atoms with Crippen LogP contribution in [0.15, 0.2) is 12.3 Å². The van der Waals surface area contributed by atoms with Crippen LogP contribution in [0, 0.1) is 6.92 Å². The van der Waals surface area contributed by atoms with Gasteiger partial charge in [0.15, 0.2) is 0 Å². The topological polar surface area (TPSA) is 54.2 Å². The molecule has 0 aromatic carbocycles. The number of rotatable bonds is 6. The maximum absolute atomic E-state index is 5.69. The minimum atomic E-state index is 0.562. The average Bonchev–Trinajstić information content (AvgIpc) is 2.25. The maximum atomic E-state index is 5.69. The molecule has 0 amide bonds. The van der Waals surface area contributed by atoms with Gasteiger partial charge in [-0.1, -0.05) is 0 Å². The molecule has 0 saturated heterocycles. The van der Waals surface area contributed by atoms with Gasteiger partial charge < -0.3 is 11.1 Å². The summed E-state index contributed by atoms with van der Waals surface area (Å²) in [4.78, 5) is 6.77. The van der Waals surface area contributed by atoms with Crippen molar-refractivity contribution in [3.8, 4) is 0 Å². The molecule has 0 bridgehead atoms. The van der Waals surface area contributed by atoms with E-state index in [1.54, 1.807) is 6.20 Å². The number of nitrogen functional groups attached to an aromatic ring is 1. The second-order valence-corrected chi connectivity index (χ2v) is 5.29. The van der Waals surface area contributed by atoms with E-state index in [0.717, 1.165) is 24.5 Å². The zero-order chi connectivity index (χ0) is 13.7. The van der Waals surface area contributed by atoms with Crippen LogP contribution in [-0.4, -0.2) is 35.1 Å². The Morgan fingerprint density at radius 1 is 1.28 bits per heavy atom. The molecule has 1 heterocycles. The fourth-order valence-electron chi connectivity index (χ4n) is 2.20. The molecule has 0 radical (unpaired) electrons. The molecule has 0 saturated carbocycles. The number of aromatic nitrogens is 1. The van der Waals surface area contributed by atoms with Gasteiger partial charge >= 0.3 is 0 Å². The van der Waals surface area contributed by atoms with Crippen LogP contribution in [0.5, 0.6) is 0 Å². The summed E-state index contributed by atoms with van der Waals surface area (Å²) >= 11 is 0. The number of anilines is 2. The molecule has 0 atom stereocenters. The molecule has 0 aliphatic carbocycles. The van der Waals surface area contributed by atoms with Crippen molar-refractivity contribution >= 4 is 11.5 Å². The smallest absolute Gasteiger partial charge is 0.129 e. The first-order valence-electron chi connectivity index (χ1n) is 6.63. The summed E-state index contributed by atoms with van der Waals surface area (Å²) in [6.45, 7) is 12.8. The largest absolute Gasteiger partial charge is 0.397 e. The SMILES string of the molecule is Cc1cc(N)cnc1NCCN(C(C)C)C(C)C. The van der Waals surface area contributed by atoms with Gasteiger partial charge in [0.25, 0.3) is 0 Å². The highest BCUT2D eigenvalue weighted by Crippen LogP contribution is 2.13. The third-order valence-electron chi connectivity index (χ3n) is 3.09. The minimum absolute atomic E-state index is 0.562. The van der Waals surface area contributed by atoms with Gasteiger partial charge in [-0.25, -0.2) is 4.98 Å². The summed E-state index contributed by atoms with van der Waals surface area (Å²) in [5, 5.41) is 3.37. The van der Waals surface area contributed by atoms with E-state index >= 15 is 0 Å². The number of hydrogen-bond donors (Lipinski definition) is 2. The molecule has 0 aliphatic rings. The van der Waals surface area contributed by atoms with Gasteiger partial charge in [0.05, 0.1) is 11.9 Å². The lowest BCUT2D eigenvalue weighted by atomic mass is 10.2. The highest BCUT2D eigenvalue weighted by Gasteiger charge is 2.12. The van der Waals surface area contributed by atoms with Gasteiger partial charge in [-0.15, -0.1) is 0 Å². The van der Waals surface area contributed by atoms with Crippen molar-refractivity contribution in [3.63, 3.8) is 0 Å². The molecule has 0 unspecified atom stereocenters. The zero-order valence-electron chi connectivity index (χ0n) is 12.2. The van der Waals surface area contributed by atoms with E-state index in [1.165, 1.54) is 0 Å². The van der Waals surface area contributed by atoms with Crippen LogP contribution in [0.2, 0.25) is 0 Å². The number of aryl methyl sites for hydroxylation is 1. The van der Waals surface area contributed by atoms with Gasteiger partial charge in [0.2, 0.25) is 0 Å². The van der Waals surface area contributed by atoms with E-state index in [0.29, 0.717) is 17.8 Å². The molecule has 0 aliphatic heterocycles. The van der Waals surface area contributed by atoms with Crippen LogP contribution in [-0.2, 0) is 0 Å². The fraction of sp³-hybridized carbons (Fsp3) is 0.643. The predicted molar refractivity (Wildman–Crippen MR) is 78.9 cm³/mol. The van der Waals surface area contributed by atoms with Crippen molar-refractivity contribution in [2.45, 2.75) is 46.7 Å². The van der Waals surface area contributed by atoms with E-state index in [-0.39, 0.29) is 0 Å². The van der Waals surface area contributed by atoms with Crippen molar-refractivity contribution in [1.29, 1.82) is 0 Å². The Bertz CT molecular complexity index is 366. The molecular formula is C14H26N4. The Morgan fingerprint density at radius 3 is 2.39 bits per heavy atom. The number of hydrogen-bond acceptors (Lipinski definition) is 4. The molecule has 4 heteroatoms. The minimum Gasteiger partial charge on any atom is -0.397 e. The van der Waals surface area contributed by atoms with Crippen LogP contribution in [0.25, 0.3) is 0 Å². The molecule has 1 aromatic heterocycles. The molecule has 1 rings (SSSR count). The Labute approximate surface area is 111 Å². The van der Waals surface area contributed by atoms with Crippen LogP contribution in [0.4, 0.5) is 11.5 Å². The van der Waals surface area contributed by atoms with Gasteiger partial charge in [-0.2, -0.15) is 0 Å². The lowest BCUT2D eigenvalue weighted by Gasteiger charge is -2.30. The fourth-order valence-corrected chi connectivity index (χ4v) is 2.20. The van der Waals surface area contributed by atoms with Crippen molar-refractivity contribution < 1.29 is 0 Å². The second-order valence-electron chi connectivity index (χ2n) is 5.29. The van der Waals surface area contributed by atoms with Gasteiger partial charge in [-0.05, 0) is 46.2 Å². The lowest BCUT2D eigenvalue weighted by Crippen LogP contribution is -2.40. The zero-order valence-corrected chi connectivity index (χ0v) is 12.2. The quantitative estimate of drug-likeness (QED) is 0.814. The summed E-state index contributed by atoms with van der Waals surface area (Å²) < 4.78 is 0. The van der Waals surface area contributed by atoms with Crippen molar-refractivity contribution in [2.75, 3.05) is 24.1 Å². The normalized spacial score (nSPS) is 11.6. The average molecular weight is 250 g/mol.